The van der Waals surface area contributed by atoms with Gasteiger partial charge in [0.05, 0.1) is 7.11 Å². The van der Waals surface area contributed by atoms with Crippen molar-refractivity contribution < 1.29 is 24.8 Å². The minimum Gasteiger partial charge on any atom is -0.479 e. The molecule has 0 radical (unpaired) electrons. The third-order valence-electron chi connectivity index (χ3n) is 0.629. The van der Waals surface area contributed by atoms with Gasteiger partial charge in [-0.3, -0.25) is 0 Å². The van der Waals surface area contributed by atoms with E-state index in [1.165, 1.54) is 7.11 Å². The predicted molar refractivity (Wildman–Crippen MR) is 26.6 cm³/mol. The van der Waals surface area contributed by atoms with Crippen molar-refractivity contribution in [1.29, 1.82) is 0 Å². The SMILES string of the molecule is COOCC(O)C(=O)O. The van der Waals surface area contributed by atoms with Crippen molar-refractivity contribution in [3.05, 3.63) is 0 Å². The quantitative estimate of drug-likeness (QED) is 0.383. The van der Waals surface area contributed by atoms with Crippen LogP contribution in [0, 0.1) is 0 Å². The molecule has 0 aliphatic rings. The first-order valence-electron chi connectivity index (χ1n) is 2.25. The highest BCUT2D eigenvalue weighted by Gasteiger charge is 2.12. The first kappa shape index (κ1) is 8.35. The fourth-order valence-electron chi connectivity index (χ4n) is 0.204. The van der Waals surface area contributed by atoms with Crippen LogP contribution >= 0.6 is 0 Å². The molecule has 5 nitrogen and oxygen atoms in total. The number of aliphatic carboxylic acids is 1. The summed E-state index contributed by atoms with van der Waals surface area (Å²) in [4.78, 5) is 18.0. The van der Waals surface area contributed by atoms with Gasteiger partial charge in [0, 0.05) is 0 Å². The van der Waals surface area contributed by atoms with Crippen LogP contribution in [0.5, 0.6) is 0 Å². The Labute approximate surface area is 51.7 Å². The lowest BCUT2D eigenvalue weighted by Gasteiger charge is -2.01. The fraction of sp³-hybridized carbons (Fsp3) is 0.750. The largest absolute Gasteiger partial charge is 0.479 e. The number of rotatable bonds is 4. The highest BCUT2D eigenvalue weighted by Crippen LogP contribution is 1.83. The second-order valence-electron chi connectivity index (χ2n) is 1.31. The van der Waals surface area contributed by atoms with Gasteiger partial charge in [-0.15, -0.1) is 0 Å². The standard InChI is InChI=1S/C4H8O5/c1-8-9-2-3(5)4(6)7/h3,5H,2H2,1H3,(H,6,7). The van der Waals surface area contributed by atoms with Gasteiger partial charge < -0.3 is 10.2 Å². The minimum absolute atomic E-state index is 0.355. The molecule has 5 heteroatoms. The minimum atomic E-state index is -1.51. The zero-order valence-electron chi connectivity index (χ0n) is 4.90. The van der Waals surface area contributed by atoms with Gasteiger partial charge in [-0.1, -0.05) is 0 Å². The maximum absolute atomic E-state index is 9.82. The van der Waals surface area contributed by atoms with Crippen LogP contribution in [0.1, 0.15) is 0 Å². The molecule has 54 valence electrons. The molecule has 0 fully saturated rings. The third kappa shape index (κ3) is 3.89. The van der Waals surface area contributed by atoms with Crippen LogP contribution in [-0.4, -0.2) is 36.0 Å². The second kappa shape index (κ2) is 4.25. The Morgan fingerprint density at radius 1 is 1.78 bits per heavy atom. The van der Waals surface area contributed by atoms with Gasteiger partial charge in [0.25, 0.3) is 0 Å². The van der Waals surface area contributed by atoms with Crippen LogP contribution in [0.15, 0.2) is 0 Å². The number of carbonyl (C=O) groups is 1. The summed E-state index contributed by atoms with van der Waals surface area (Å²) in [6.07, 6.45) is -1.51. The van der Waals surface area contributed by atoms with Gasteiger partial charge in [-0.05, 0) is 0 Å². The topological polar surface area (TPSA) is 76.0 Å². The van der Waals surface area contributed by atoms with E-state index in [0.717, 1.165) is 0 Å². The second-order valence-corrected chi connectivity index (χ2v) is 1.31. The molecule has 1 unspecified atom stereocenters. The van der Waals surface area contributed by atoms with Gasteiger partial charge >= 0.3 is 5.97 Å². The Balaban J connectivity index is 3.27. The van der Waals surface area contributed by atoms with Crippen molar-refractivity contribution in [3.8, 4) is 0 Å². The van der Waals surface area contributed by atoms with Crippen LogP contribution < -0.4 is 0 Å². The van der Waals surface area contributed by atoms with E-state index in [4.69, 9.17) is 10.2 Å². The van der Waals surface area contributed by atoms with E-state index >= 15 is 0 Å². The van der Waals surface area contributed by atoms with Crippen LogP contribution in [0.3, 0.4) is 0 Å². The van der Waals surface area contributed by atoms with Gasteiger partial charge in [0.2, 0.25) is 0 Å². The third-order valence-corrected chi connectivity index (χ3v) is 0.629. The number of aliphatic hydroxyl groups is 1. The first-order valence-corrected chi connectivity index (χ1v) is 2.25. The molecule has 2 N–H and O–H groups in total. The lowest BCUT2D eigenvalue weighted by Crippen LogP contribution is -2.24. The van der Waals surface area contributed by atoms with E-state index in [9.17, 15) is 4.79 Å². The Kier molecular flexibility index (Phi) is 3.94. The lowest BCUT2D eigenvalue weighted by atomic mass is 10.4. The van der Waals surface area contributed by atoms with Crippen molar-refractivity contribution >= 4 is 5.97 Å². The molecular formula is C4H8O5. The van der Waals surface area contributed by atoms with Crippen LogP contribution in [-0.2, 0) is 14.6 Å². The molecule has 0 bridgehead atoms. The molecule has 0 saturated heterocycles. The van der Waals surface area contributed by atoms with E-state index in [0.29, 0.717) is 0 Å². The van der Waals surface area contributed by atoms with E-state index < -0.39 is 12.1 Å². The molecule has 0 saturated carbocycles. The van der Waals surface area contributed by atoms with E-state index in [1.54, 1.807) is 0 Å². The average molecular weight is 136 g/mol. The summed E-state index contributed by atoms with van der Waals surface area (Å²) in [5.74, 6) is -1.33. The summed E-state index contributed by atoms with van der Waals surface area (Å²) in [6.45, 7) is -0.355. The van der Waals surface area contributed by atoms with E-state index in [1.807, 2.05) is 0 Å². The lowest BCUT2D eigenvalue weighted by molar-refractivity contribution is -0.283. The summed E-state index contributed by atoms with van der Waals surface area (Å²) < 4.78 is 0. The highest BCUT2D eigenvalue weighted by molar-refractivity contribution is 5.71. The van der Waals surface area contributed by atoms with Crippen LogP contribution in [0.25, 0.3) is 0 Å². The molecule has 9 heavy (non-hydrogen) atoms. The summed E-state index contributed by atoms with van der Waals surface area (Å²) in [6, 6.07) is 0. The number of hydrogen-bond donors (Lipinski definition) is 2. The Bertz CT molecular complexity index is 91.0. The molecule has 0 aromatic heterocycles. The zero-order valence-corrected chi connectivity index (χ0v) is 4.90. The number of hydrogen-bond acceptors (Lipinski definition) is 4. The number of carboxylic acid groups (broad SMARTS) is 1. The summed E-state index contributed by atoms with van der Waals surface area (Å²) in [7, 11) is 1.23. The van der Waals surface area contributed by atoms with Gasteiger partial charge in [0.15, 0.2) is 6.10 Å². The zero-order chi connectivity index (χ0) is 7.28. The van der Waals surface area contributed by atoms with Crippen LogP contribution in [0.2, 0.25) is 0 Å². The molecular weight excluding hydrogens is 128 g/mol. The first-order chi connectivity index (χ1) is 4.18. The maximum atomic E-state index is 9.82. The Morgan fingerprint density at radius 3 is 2.67 bits per heavy atom. The maximum Gasteiger partial charge on any atom is 0.335 e. The van der Waals surface area contributed by atoms with Crippen molar-refractivity contribution in [2.24, 2.45) is 0 Å². The molecule has 0 aromatic carbocycles. The highest BCUT2D eigenvalue weighted by atomic mass is 17.2. The predicted octanol–water partition coefficient (Wildman–Crippen LogP) is -0.990. The van der Waals surface area contributed by atoms with Gasteiger partial charge in [0.1, 0.15) is 6.61 Å². The van der Waals surface area contributed by atoms with Gasteiger partial charge in [-0.25, -0.2) is 14.6 Å². The summed E-state index contributed by atoms with van der Waals surface area (Å²) >= 11 is 0. The van der Waals surface area contributed by atoms with Crippen molar-refractivity contribution in [2.75, 3.05) is 13.7 Å². The summed E-state index contributed by atoms with van der Waals surface area (Å²) in [5.41, 5.74) is 0. The Hall–Kier alpha value is -0.650. The smallest absolute Gasteiger partial charge is 0.335 e. The molecule has 1 atom stereocenters. The van der Waals surface area contributed by atoms with E-state index in [2.05, 4.69) is 9.78 Å². The average Bonchev–Trinajstić information content (AvgIpc) is 1.82. The molecule has 0 rings (SSSR count). The molecule has 0 spiro atoms. The molecule has 0 aliphatic carbocycles. The van der Waals surface area contributed by atoms with Crippen molar-refractivity contribution in [3.63, 3.8) is 0 Å². The molecule has 0 heterocycles. The fourth-order valence-corrected chi connectivity index (χ4v) is 0.204. The number of carboxylic acids is 1. The monoisotopic (exact) mass is 136 g/mol. The molecule has 0 aromatic rings. The van der Waals surface area contributed by atoms with Crippen molar-refractivity contribution in [1.82, 2.24) is 0 Å². The Morgan fingerprint density at radius 2 is 2.33 bits per heavy atom. The normalized spacial score (nSPS) is 13.1. The number of aliphatic hydroxyl groups excluding tert-OH is 1. The molecule has 0 amide bonds. The van der Waals surface area contributed by atoms with Crippen molar-refractivity contribution in [2.45, 2.75) is 6.10 Å². The molecule has 0 aliphatic heterocycles. The van der Waals surface area contributed by atoms with Gasteiger partial charge in [-0.2, -0.15) is 0 Å². The summed E-state index contributed by atoms with van der Waals surface area (Å²) in [5, 5.41) is 16.5. The van der Waals surface area contributed by atoms with E-state index in [-0.39, 0.29) is 6.61 Å². The van der Waals surface area contributed by atoms with Crippen LogP contribution in [0.4, 0.5) is 0 Å².